The Bertz CT molecular complexity index is 1950. The summed E-state index contributed by atoms with van der Waals surface area (Å²) in [5.74, 6) is 1.82. The van der Waals surface area contributed by atoms with E-state index >= 15 is 0 Å². The molecule has 0 saturated carbocycles. The Labute approximate surface area is 290 Å². The third-order valence-electron chi connectivity index (χ3n) is 10.2. The van der Waals surface area contributed by atoms with Crippen LogP contribution in [0.15, 0.2) is 85.2 Å². The van der Waals surface area contributed by atoms with Gasteiger partial charge >= 0.3 is 0 Å². The molecule has 3 aliphatic rings. The molecule has 3 atom stereocenters. The van der Waals surface area contributed by atoms with Crippen molar-refractivity contribution in [2.45, 2.75) is 63.1 Å². The minimum absolute atomic E-state index is 0.0342. The Hall–Kier alpha value is -4.73. The Balaban J connectivity index is 0.918. The number of nitrogens with zero attached hydrogens (tertiary/aromatic N) is 4. The molecule has 0 bridgehead atoms. The van der Waals surface area contributed by atoms with Gasteiger partial charge in [-0.3, -0.25) is 9.59 Å². The van der Waals surface area contributed by atoms with E-state index in [1.165, 1.54) is 0 Å². The number of ether oxygens (including phenoxy) is 1. The maximum absolute atomic E-state index is 13.2. The number of hydrogen-bond acceptors (Lipinski definition) is 5. The predicted octanol–water partition coefficient (Wildman–Crippen LogP) is 7.54. The van der Waals surface area contributed by atoms with Crippen molar-refractivity contribution in [1.82, 2.24) is 29.7 Å². The molecule has 3 fully saturated rings. The summed E-state index contributed by atoms with van der Waals surface area (Å²) in [5.41, 5.74) is 7.02. The van der Waals surface area contributed by atoms with Crippen LogP contribution in [0.4, 0.5) is 0 Å². The highest BCUT2D eigenvalue weighted by atomic mass is 35.5. The molecule has 2 aromatic heterocycles. The highest BCUT2D eigenvalue weighted by molar-refractivity contribution is 6.31. The Morgan fingerprint density at radius 2 is 1.27 bits per heavy atom. The number of halogens is 1. The zero-order valence-electron chi connectivity index (χ0n) is 27.3. The van der Waals surface area contributed by atoms with Gasteiger partial charge in [-0.05, 0) is 72.4 Å². The van der Waals surface area contributed by atoms with Gasteiger partial charge < -0.3 is 24.5 Å². The molecule has 5 heterocycles. The lowest BCUT2D eigenvalue weighted by molar-refractivity contribution is -0.142. The Morgan fingerprint density at radius 3 is 1.84 bits per heavy atom. The molecule has 250 valence electrons. The third kappa shape index (κ3) is 6.40. The van der Waals surface area contributed by atoms with Crippen molar-refractivity contribution in [3.63, 3.8) is 0 Å². The largest absolute Gasteiger partial charge is 0.368 e. The SMILES string of the molecule is O=C(Cc1ccccc1Cl)N1CCC[C@H]1c1ncc(-c2ccc(-c3ccc(-c4cnc([C@@H]5CCCN5C(=O)[C@H]5CCCO5)[nH]4)cc3)cc2)[nH]1. The minimum atomic E-state index is -0.306. The van der Waals surface area contributed by atoms with E-state index in [-0.39, 0.29) is 36.4 Å². The van der Waals surface area contributed by atoms with Crippen LogP contribution in [0.3, 0.4) is 0 Å². The van der Waals surface area contributed by atoms with Crippen LogP contribution in [0.5, 0.6) is 0 Å². The van der Waals surface area contributed by atoms with Gasteiger partial charge in [-0.15, -0.1) is 0 Å². The zero-order valence-corrected chi connectivity index (χ0v) is 28.0. The van der Waals surface area contributed by atoms with E-state index in [1.54, 1.807) is 0 Å². The predicted molar refractivity (Wildman–Crippen MR) is 189 cm³/mol. The summed E-state index contributed by atoms with van der Waals surface area (Å²) >= 11 is 6.33. The van der Waals surface area contributed by atoms with Crippen molar-refractivity contribution in [2.75, 3.05) is 19.7 Å². The van der Waals surface area contributed by atoms with E-state index in [2.05, 4.69) is 63.5 Å². The van der Waals surface area contributed by atoms with Crippen molar-refractivity contribution >= 4 is 23.4 Å². The van der Waals surface area contributed by atoms with Crippen LogP contribution >= 0.6 is 11.6 Å². The summed E-state index contributed by atoms with van der Waals surface area (Å²) in [6.45, 7) is 2.14. The van der Waals surface area contributed by atoms with E-state index in [4.69, 9.17) is 21.3 Å². The number of aromatic nitrogens is 4. The number of likely N-dealkylation sites (tertiary alicyclic amines) is 2. The van der Waals surface area contributed by atoms with Crippen molar-refractivity contribution in [2.24, 2.45) is 0 Å². The second-order valence-electron chi connectivity index (χ2n) is 13.2. The molecule has 2 amide bonds. The van der Waals surface area contributed by atoms with Gasteiger partial charge in [-0.2, -0.15) is 0 Å². The Morgan fingerprint density at radius 1 is 0.714 bits per heavy atom. The number of carbonyl (C=O) groups excluding carboxylic acids is 2. The average Bonchev–Trinajstić information content (AvgIpc) is 3.98. The van der Waals surface area contributed by atoms with Gasteiger partial charge in [0, 0.05) is 24.7 Å². The molecule has 0 aliphatic carbocycles. The number of aromatic amines is 2. The number of rotatable bonds is 8. The molecule has 10 heteroatoms. The molecule has 2 N–H and O–H groups in total. The lowest BCUT2D eigenvalue weighted by atomic mass is 10.0. The van der Waals surface area contributed by atoms with Gasteiger partial charge in [0.25, 0.3) is 5.91 Å². The van der Waals surface area contributed by atoms with Crippen molar-refractivity contribution in [3.05, 3.63) is 107 Å². The molecule has 3 saturated heterocycles. The first-order valence-corrected chi connectivity index (χ1v) is 17.7. The summed E-state index contributed by atoms with van der Waals surface area (Å²) in [6, 6.07) is 24.3. The Kier molecular flexibility index (Phi) is 8.78. The number of benzene rings is 3. The first-order chi connectivity index (χ1) is 24.0. The first kappa shape index (κ1) is 31.5. The fourth-order valence-corrected chi connectivity index (χ4v) is 7.72. The number of imidazole rings is 2. The fraction of sp³-hybridized carbons (Fsp3) is 0.333. The van der Waals surface area contributed by atoms with E-state index in [0.29, 0.717) is 11.6 Å². The summed E-state index contributed by atoms with van der Waals surface area (Å²) in [5, 5.41) is 0.620. The van der Waals surface area contributed by atoms with Gasteiger partial charge in [0.05, 0.1) is 42.3 Å². The normalized spacial score (nSPS) is 20.7. The molecule has 3 aromatic carbocycles. The van der Waals surface area contributed by atoms with E-state index in [9.17, 15) is 9.59 Å². The molecule has 0 spiro atoms. The number of amides is 2. The van der Waals surface area contributed by atoms with Crippen molar-refractivity contribution in [3.8, 4) is 33.6 Å². The summed E-state index contributed by atoms with van der Waals surface area (Å²) < 4.78 is 5.67. The standard InChI is InChI=1S/C39H39ClN6O3/c40-30-7-2-1-6-29(30)22-36(47)45-19-3-8-33(45)37-41-23-31(43-37)27-15-11-25(12-16-27)26-13-17-28(18-14-26)32-24-42-38(44-32)34-9-4-20-46(34)39(48)35-10-5-21-49-35/h1-2,6-7,11-18,23-24,33-35H,3-5,8-10,19-22H2,(H,41,43)(H,42,44)/t33-,34-,35+/m0/s1. The second kappa shape index (κ2) is 13.6. The smallest absolute Gasteiger partial charge is 0.252 e. The summed E-state index contributed by atoms with van der Waals surface area (Å²) in [6.07, 6.45) is 9.15. The van der Waals surface area contributed by atoms with Crippen LogP contribution < -0.4 is 0 Å². The quantitative estimate of drug-likeness (QED) is 0.177. The molecule has 8 rings (SSSR count). The molecule has 5 aromatic rings. The van der Waals surface area contributed by atoms with E-state index in [0.717, 1.165) is 102 Å². The molecule has 49 heavy (non-hydrogen) atoms. The van der Waals surface area contributed by atoms with Crippen LogP contribution in [-0.4, -0.2) is 67.4 Å². The highest BCUT2D eigenvalue weighted by Gasteiger charge is 2.37. The van der Waals surface area contributed by atoms with Crippen LogP contribution in [0.25, 0.3) is 33.6 Å². The highest BCUT2D eigenvalue weighted by Crippen LogP contribution is 2.35. The van der Waals surface area contributed by atoms with Crippen LogP contribution in [-0.2, 0) is 20.7 Å². The zero-order chi connectivity index (χ0) is 33.3. The van der Waals surface area contributed by atoms with Crippen molar-refractivity contribution < 1.29 is 14.3 Å². The van der Waals surface area contributed by atoms with Gasteiger partial charge in [0.15, 0.2) is 0 Å². The summed E-state index contributed by atoms with van der Waals surface area (Å²) in [7, 11) is 0. The monoisotopic (exact) mass is 674 g/mol. The van der Waals surface area contributed by atoms with Crippen molar-refractivity contribution in [1.29, 1.82) is 0 Å². The maximum atomic E-state index is 13.2. The number of nitrogens with one attached hydrogen (secondary N) is 2. The van der Waals surface area contributed by atoms with Gasteiger partial charge in [0.1, 0.15) is 17.8 Å². The van der Waals surface area contributed by atoms with Gasteiger partial charge in [0.2, 0.25) is 5.91 Å². The topological polar surface area (TPSA) is 107 Å². The third-order valence-corrected chi connectivity index (χ3v) is 10.5. The molecular formula is C39H39ClN6O3. The fourth-order valence-electron chi connectivity index (χ4n) is 7.52. The number of H-pyrrole nitrogens is 2. The van der Waals surface area contributed by atoms with Crippen LogP contribution in [0.2, 0.25) is 5.02 Å². The second-order valence-corrected chi connectivity index (χ2v) is 13.6. The van der Waals surface area contributed by atoms with E-state index < -0.39 is 0 Å². The number of carbonyl (C=O) groups is 2. The maximum Gasteiger partial charge on any atom is 0.252 e. The van der Waals surface area contributed by atoms with Gasteiger partial charge in [-0.25, -0.2) is 9.97 Å². The first-order valence-electron chi connectivity index (χ1n) is 17.3. The molecular weight excluding hydrogens is 636 g/mol. The van der Waals surface area contributed by atoms with Crippen LogP contribution in [0, 0.1) is 0 Å². The molecule has 9 nitrogen and oxygen atoms in total. The average molecular weight is 675 g/mol. The van der Waals surface area contributed by atoms with Gasteiger partial charge in [-0.1, -0.05) is 78.3 Å². The van der Waals surface area contributed by atoms with Crippen LogP contribution in [0.1, 0.15) is 67.8 Å². The molecule has 3 aliphatic heterocycles. The van der Waals surface area contributed by atoms with E-state index in [1.807, 2.05) is 46.5 Å². The minimum Gasteiger partial charge on any atom is -0.368 e. The lowest BCUT2D eigenvalue weighted by Gasteiger charge is -2.25. The molecule has 0 unspecified atom stereocenters. The lowest BCUT2D eigenvalue weighted by Crippen LogP contribution is -2.38. The number of hydrogen-bond donors (Lipinski definition) is 2. The summed E-state index contributed by atoms with van der Waals surface area (Å²) in [4.78, 5) is 46.6. The molecule has 0 radical (unpaired) electrons.